The van der Waals surface area contributed by atoms with Gasteiger partial charge < -0.3 is 4.57 Å². The van der Waals surface area contributed by atoms with E-state index in [4.69, 9.17) is 0 Å². The molecule has 6 nitrogen and oxygen atoms in total. The Hall–Kier alpha value is -3.32. The Morgan fingerprint density at radius 1 is 1.03 bits per heavy atom. The maximum Gasteiger partial charge on any atom is 0.274 e. The van der Waals surface area contributed by atoms with E-state index in [0.29, 0.717) is 29.2 Å². The van der Waals surface area contributed by atoms with Crippen molar-refractivity contribution in [2.45, 2.75) is 31.2 Å². The first-order valence-electron chi connectivity index (χ1n) is 9.98. The van der Waals surface area contributed by atoms with Gasteiger partial charge in [0.2, 0.25) is 0 Å². The van der Waals surface area contributed by atoms with E-state index in [1.165, 1.54) is 11.3 Å². The van der Waals surface area contributed by atoms with E-state index in [-0.39, 0.29) is 5.91 Å². The molecule has 1 aliphatic carbocycles. The molecule has 0 spiro atoms. The van der Waals surface area contributed by atoms with E-state index in [1.807, 2.05) is 53.4 Å². The molecule has 0 saturated heterocycles. The Morgan fingerprint density at radius 2 is 1.87 bits per heavy atom. The fourth-order valence-electron chi connectivity index (χ4n) is 3.85. The number of nitrogens with one attached hydrogen (secondary N) is 1. The second kappa shape index (κ2) is 8.20. The Bertz CT molecular complexity index is 1130. The van der Waals surface area contributed by atoms with Crippen LogP contribution < -0.4 is 5.32 Å². The molecular formula is C23H21N5OS. The quantitative estimate of drug-likeness (QED) is 0.496. The summed E-state index contributed by atoms with van der Waals surface area (Å²) in [5.41, 5.74) is 3.93. The summed E-state index contributed by atoms with van der Waals surface area (Å²) in [7, 11) is 0. The number of carbonyl (C=O) groups is 1. The van der Waals surface area contributed by atoms with Gasteiger partial charge in [0.05, 0.1) is 5.69 Å². The Morgan fingerprint density at radius 3 is 2.67 bits per heavy atom. The highest BCUT2D eigenvalue weighted by Gasteiger charge is 2.33. The average Bonchev–Trinajstić information content (AvgIpc) is 3.38. The Balaban J connectivity index is 1.21. The van der Waals surface area contributed by atoms with Crippen LogP contribution in [-0.4, -0.2) is 25.4 Å². The predicted octanol–water partition coefficient (Wildman–Crippen LogP) is 4.70. The number of hydrogen-bond acceptors (Lipinski definition) is 5. The first kappa shape index (κ1) is 18.7. The smallest absolute Gasteiger partial charge is 0.274 e. The largest absolute Gasteiger partial charge is 0.339 e. The predicted molar refractivity (Wildman–Crippen MR) is 117 cm³/mol. The zero-order valence-electron chi connectivity index (χ0n) is 16.3. The fraction of sp³-hybridized carbons (Fsp3) is 0.217. The molecule has 0 unspecified atom stereocenters. The van der Waals surface area contributed by atoms with Crippen LogP contribution in [0.15, 0.2) is 72.6 Å². The molecule has 5 rings (SSSR count). The molecule has 30 heavy (non-hydrogen) atoms. The number of carbonyl (C=O) groups excluding carboxylic acids is 1. The first-order valence-corrected chi connectivity index (χ1v) is 10.9. The zero-order valence-corrected chi connectivity index (χ0v) is 17.1. The van der Waals surface area contributed by atoms with Crippen LogP contribution in [0.2, 0.25) is 0 Å². The molecule has 1 saturated carbocycles. The van der Waals surface area contributed by atoms with Gasteiger partial charge in [-0.3, -0.25) is 20.1 Å². The van der Waals surface area contributed by atoms with Gasteiger partial charge in [0.1, 0.15) is 5.69 Å². The maximum absolute atomic E-state index is 12.8. The van der Waals surface area contributed by atoms with Gasteiger partial charge >= 0.3 is 0 Å². The Kier molecular flexibility index (Phi) is 5.11. The molecule has 0 aromatic carbocycles. The first-order chi connectivity index (χ1) is 14.8. The molecule has 1 aliphatic rings. The van der Waals surface area contributed by atoms with Crippen LogP contribution >= 0.6 is 11.3 Å². The summed E-state index contributed by atoms with van der Waals surface area (Å²) < 4.78 is 1.93. The van der Waals surface area contributed by atoms with Gasteiger partial charge in [0.15, 0.2) is 5.13 Å². The van der Waals surface area contributed by atoms with E-state index >= 15 is 0 Å². The number of amides is 1. The molecule has 7 heteroatoms. The van der Waals surface area contributed by atoms with Gasteiger partial charge in [-0.25, -0.2) is 4.98 Å². The summed E-state index contributed by atoms with van der Waals surface area (Å²) in [6.45, 7) is 0.623. The maximum atomic E-state index is 12.8. The second-order valence-electron chi connectivity index (χ2n) is 7.53. The van der Waals surface area contributed by atoms with Crippen molar-refractivity contribution in [3.8, 4) is 0 Å². The fourth-order valence-corrected chi connectivity index (χ4v) is 4.64. The molecule has 0 bridgehead atoms. The van der Waals surface area contributed by atoms with Crippen molar-refractivity contribution >= 4 is 22.4 Å². The zero-order chi connectivity index (χ0) is 20.3. The van der Waals surface area contributed by atoms with Crippen LogP contribution in [0.4, 0.5) is 5.13 Å². The van der Waals surface area contributed by atoms with Crippen LogP contribution in [0.1, 0.15) is 52.1 Å². The minimum Gasteiger partial charge on any atom is -0.339 e. The molecule has 1 fully saturated rings. The molecule has 1 amide bonds. The number of nitrogens with zero attached hydrogens (tertiary/aromatic N) is 4. The van der Waals surface area contributed by atoms with Crippen LogP contribution in [0.5, 0.6) is 0 Å². The highest BCUT2D eigenvalue weighted by atomic mass is 32.1. The van der Waals surface area contributed by atoms with E-state index in [0.717, 1.165) is 29.8 Å². The van der Waals surface area contributed by atoms with Crippen molar-refractivity contribution in [3.05, 3.63) is 95.3 Å². The number of thiazole rings is 1. The highest BCUT2D eigenvalue weighted by Crippen LogP contribution is 2.47. The van der Waals surface area contributed by atoms with Gasteiger partial charge in [-0.2, -0.15) is 0 Å². The SMILES string of the molecule is O=C(Nc1nc([C@H]2C[C@H](c3ccccn3)C2)cs1)c1cccn1Cc1ccncc1. The number of rotatable bonds is 6. The summed E-state index contributed by atoms with van der Waals surface area (Å²) >= 11 is 1.48. The van der Waals surface area contributed by atoms with Crippen molar-refractivity contribution in [1.82, 2.24) is 19.5 Å². The molecule has 150 valence electrons. The number of pyridine rings is 2. The summed E-state index contributed by atoms with van der Waals surface area (Å²) in [5.74, 6) is 0.803. The second-order valence-corrected chi connectivity index (χ2v) is 8.39. The van der Waals surface area contributed by atoms with Crippen molar-refractivity contribution in [2.24, 2.45) is 0 Å². The minimum absolute atomic E-state index is 0.144. The van der Waals surface area contributed by atoms with Crippen LogP contribution in [0.25, 0.3) is 0 Å². The summed E-state index contributed by atoms with van der Waals surface area (Å²) in [6.07, 6.45) is 9.40. The lowest BCUT2D eigenvalue weighted by Gasteiger charge is -2.33. The Labute approximate surface area is 178 Å². The lowest BCUT2D eigenvalue weighted by Crippen LogP contribution is -2.21. The molecule has 1 N–H and O–H groups in total. The molecule has 0 aliphatic heterocycles. The molecule has 0 atom stereocenters. The van der Waals surface area contributed by atoms with E-state index < -0.39 is 0 Å². The van der Waals surface area contributed by atoms with Crippen molar-refractivity contribution in [3.63, 3.8) is 0 Å². The van der Waals surface area contributed by atoms with E-state index in [2.05, 4.69) is 31.7 Å². The summed E-state index contributed by atoms with van der Waals surface area (Å²) in [5, 5.41) is 5.67. The molecular weight excluding hydrogens is 394 g/mol. The minimum atomic E-state index is -0.144. The van der Waals surface area contributed by atoms with Crippen LogP contribution in [0, 0.1) is 0 Å². The van der Waals surface area contributed by atoms with Crippen LogP contribution in [0.3, 0.4) is 0 Å². The standard InChI is InChI=1S/C23H21N5OS/c29-22(21-5-3-11-28(21)14-16-6-9-24-10-7-16)27-23-26-20(15-30-23)18-12-17(13-18)19-4-1-2-8-25-19/h1-11,15,17-18H,12-14H2,(H,26,27,29)/t17-,18-. The molecule has 4 heterocycles. The molecule has 0 radical (unpaired) electrons. The highest BCUT2D eigenvalue weighted by molar-refractivity contribution is 7.14. The monoisotopic (exact) mass is 415 g/mol. The van der Waals surface area contributed by atoms with Gasteiger partial charge in [0.25, 0.3) is 5.91 Å². The lowest BCUT2D eigenvalue weighted by atomic mass is 9.72. The molecule has 4 aromatic heterocycles. The summed E-state index contributed by atoms with van der Waals surface area (Å²) in [4.78, 5) is 26.0. The van der Waals surface area contributed by atoms with Crippen LogP contribution in [-0.2, 0) is 6.54 Å². The lowest BCUT2D eigenvalue weighted by molar-refractivity contribution is 0.101. The van der Waals surface area contributed by atoms with E-state index in [9.17, 15) is 4.79 Å². The van der Waals surface area contributed by atoms with Crippen molar-refractivity contribution < 1.29 is 4.79 Å². The number of anilines is 1. The average molecular weight is 416 g/mol. The normalized spacial score (nSPS) is 18.0. The van der Waals surface area contributed by atoms with Crippen molar-refractivity contribution in [2.75, 3.05) is 5.32 Å². The van der Waals surface area contributed by atoms with E-state index in [1.54, 1.807) is 12.4 Å². The van der Waals surface area contributed by atoms with Gasteiger partial charge in [-0.15, -0.1) is 11.3 Å². The van der Waals surface area contributed by atoms with Crippen molar-refractivity contribution in [1.29, 1.82) is 0 Å². The topological polar surface area (TPSA) is 72.7 Å². The third kappa shape index (κ3) is 3.89. The molecule has 4 aromatic rings. The van der Waals surface area contributed by atoms with Gasteiger partial charge in [0, 0.05) is 54.2 Å². The van der Waals surface area contributed by atoms with Gasteiger partial charge in [-0.1, -0.05) is 6.07 Å². The van der Waals surface area contributed by atoms with Gasteiger partial charge in [-0.05, 0) is 54.8 Å². The number of aromatic nitrogens is 4. The summed E-state index contributed by atoms with van der Waals surface area (Å²) in [6, 6.07) is 13.7. The third-order valence-electron chi connectivity index (χ3n) is 5.57. The third-order valence-corrected chi connectivity index (χ3v) is 6.35. The number of hydrogen-bond donors (Lipinski definition) is 1.